The Morgan fingerprint density at radius 3 is 2.32 bits per heavy atom. The lowest BCUT2D eigenvalue weighted by Gasteiger charge is -2.10. The van der Waals surface area contributed by atoms with E-state index in [1.807, 2.05) is 24.3 Å². The van der Waals surface area contributed by atoms with Gasteiger partial charge in [0, 0.05) is 10.6 Å². The summed E-state index contributed by atoms with van der Waals surface area (Å²) < 4.78 is 11.4. The number of rotatable bonds is 4. The Morgan fingerprint density at radius 2 is 1.68 bits per heavy atom. The lowest BCUT2D eigenvalue weighted by Crippen LogP contribution is -2.09. The topological polar surface area (TPSA) is 52.6 Å². The zero-order chi connectivity index (χ0) is 22.1. The van der Waals surface area contributed by atoms with Crippen molar-refractivity contribution >= 4 is 29.4 Å². The maximum Gasteiger partial charge on any atom is 0.343 e. The van der Waals surface area contributed by atoms with E-state index in [2.05, 4.69) is 13.8 Å². The number of allylic oxidation sites excluding steroid dienone is 1. The number of Topliss-reactive ketones (excluding diaryl/α,β-unsaturated/α-hetero) is 1. The van der Waals surface area contributed by atoms with E-state index in [-0.39, 0.29) is 11.5 Å². The number of hydrogen-bond acceptors (Lipinski definition) is 4. The number of carbonyl (C=O) groups excluding carboxylic acids is 2. The average Bonchev–Trinajstić information content (AvgIpc) is 3.07. The first kappa shape index (κ1) is 20.9. The second-order valence-corrected chi connectivity index (χ2v) is 8.16. The van der Waals surface area contributed by atoms with Crippen molar-refractivity contribution in [2.75, 3.05) is 0 Å². The Kier molecular flexibility index (Phi) is 5.66. The summed E-state index contributed by atoms with van der Waals surface area (Å²) in [5, 5.41) is 0.537. The van der Waals surface area contributed by atoms with Crippen molar-refractivity contribution in [3.8, 4) is 11.5 Å². The van der Waals surface area contributed by atoms with Gasteiger partial charge in [0.1, 0.15) is 11.5 Å². The van der Waals surface area contributed by atoms with E-state index in [9.17, 15) is 9.59 Å². The number of benzene rings is 3. The predicted octanol–water partition coefficient (Wildman–Crippen LogP) is 6.61. The van der Waals surface area contributed by atoms with E-state index < -0.39 is 5.97 Å². The Labute approximate surface area is 186 Å². The fourth-order valence-corrected chi connectivity index (χ4v) is 3.48. The van der Waals surface area contributed by atoms with E-state index >= 15 is 0 Å². The molecule has 0 spiro atoms. The fourth-order valence-electron chi connectivity index (χ4n) is 3.35. The second kappa shape index (κ2) is 8.40. The first-order chi connectivity index (χ1) is 14.8. The van der Waals surface area contributed by atoms with Crippen LogP contribution in [0.15, 0.2) is 66.4 Å². The molecule has 0 radical (unpaired) electrons. The number of carbonyl (C=O) groups is 2. The summed E-state index contributed by atoms with van der Waals surface area (Å²) in [5.74, 6) is 0.737. The van der Waals surface area contributed by atoms with Crippen LogP contribution in [0.2, 0.25) is 5.02 Å². The maximum absolute atomic E-state index is 12.8. The normalized spacial score (nSPS) is 14.0. The number of esters is 1. The van der Waals surface area contributed by atoms with Gasteiger partial charge >= 0.3 is 5.97 Å². The molecule has 0 unspecified atom stereocenters. The molecule has 1 heterocycles. The molecule has 0 aliphatic carbocycles. The molecular formula is C26H21ClO4. The zero-order valence-electron chi connectivity index (χ0n) is 17.4. The Hall–Kier alpha value is -3.37. The lowest BCUT2D eigenvalue weighted by molar-refractivity contribution is 0.0733. The fraction of sp³-hybridized carbons (Fsp3) is 0.154. The van der Waals surface area contributed by atoms with Crippen molar-refractivity contribution in [2.45, 2.75) is 26.7 Å². The summed E-state index contributed by atoms with van der Waals surface area (Å²) in [6.45, 7) is 6.03. The van der Waals surface area contributed by atoms with Crippen LogP contribution in [0.1, 0.15) is 57.2 Å². The van der Waals surface area contributed by atoms with Crippen LogP contribution in [0.25, 0.3) is 6.08 Å². The van der Waals surface area contributed by atoms with Gasteiger partial charge < -0.3 is 9.47 Å². The molecule has 4 nitrogen and oxygen atoms in total. The van der Waals surface area contributed by atoms with Crippen LogP contribution >= 0.6 is 11.6 Å². The Morgan fingerprint density at radius 1 is 1.00 bits per heavy atom. The molecule has 0 aromatic heterocycles. The number of hydrogen-bond donors (Lipinski definition) is 0. The zero-order valence-corrected chi connectivity index (χ0v) is 18.2. The van der Waals surface area contributed by atoms with Crippen LogP contribution in [-0.4, -0.2) is 11.8 Å². The molecule has 0 bridgehead atoms. The minimum Gasteiger partial charge on any atom is -0.452 e. The van der Waals surface area contributed by atoms with Gasteiger partial charge in [0.05, 0.1) is 11.1 Å². The van der Waals surface area contributed by atoms with Gasteiger partial charge in [-0.2, -0.15) is 0 Å². The van der Waals surface area contributed by atoms with Crippen LogP contribution in [0.3, 0.4) is 0 Å². The second-order valence-electron chi connectivity index (χ2n) is 7.72. The van der Waals surface area contributed by atoms with Gasteiger partial charge in [-0.3, -0.25) is 4.79 Å². The quantitative estimate of drug-likeness (QED) is 0.264. The van der Waals surface area contributed by atoms with E-state index in [0.717, 1.165) is 5.56 Å². The van der Waals surface area contributed by atoms with E-state index in [1.54, 1.807) is 49.4 Å². The summed E-state index contributed by atoms with van der Waals surface area (Å²) in [7, 11) is 0. The van der Waals surface area contributed by atoms with Crippen LogP contribution in [0.5, 0.6) is 11.5 Å². The highest BCUT2D eigenvalue weighted by Gasteiger charge is 2.30. The third kappa shape index (κ3) is 4.25. The molecule has 0 N–H and O–H groups in total. The molecule has 31 heavy (non-hydrogen) atoms. The molecule has 156 valence electrons. The molecule has 0 saturated carbocycles. The predicted molar refractivity (Wildman–Crippen MR) is 121 cm³/mol. The number of ketones is 1. The van der Waals surface area contributed by atoms with E-state index in [4.69, 9.17) is 21.1 Å². The monoisotopic (exact) mass is 432 g/mol. The SMILES string of the molecule is Cc1c(OC(=O)c2ccc(Cl)cc2)ccc2c1O/C(=C\c1ccc(C(C)C)cc1)C2=O. The van der Waals surface area contributed by atoms with Crippen molar-refractivity contribution in [1.82, 2.24) is 0 Å². The first-order valence-electron chi connectivity index (χ1n) is 9.99. The highest BCUT2D eigenvalue weighted by Crippen LogP contribution is 2.39. The van der Waals surface area contributed by atoms with Crippen molar-refractivity contribution in [1.29, 1.82) is 0 Å². The van der Waals surface area contributed by atoms with Crippen molar-refractivity contribution in [3.05, 3.63) is 99.3 Å². The Balaban J connectivity index is 1.57. The molecule has 0 fully saturated rings. The van der Waals surface area contributed by atoms with Gasteiger partial charge in [0.25, 0.3) is 0 Å². The summed E-state index contributed by atoms with van der Waals surface area (Å²) in [6, 6.07) is 17.7. The third-order valence-electron chi connectivity index (χ3n) is 5.22. The van der Waals surface area contributed by atoms with Crippen molar-refractivity contribution < 1.29 is 19.1 Å². The van der Waals surface area contributed by atoms with Gasteiger partial charge in [0.15, 0.2) is 5.76 Å². The number of ether oxygens (including phenoxy) is 2. The van der Waals surface area contributed by atoms with Crippen LogP contribution in [0, 0.1) is 6.92 Å². The van der Waals surface area contributed by atoms with Gasteiger partial charge in [-0.25, -0.2) is 4.79 Å². The molecule has 3 aromatic carbocycles. The lowest BCUT2D eigenvalue weighted by atomic mass is 10.0. The molecule has 0 saturated heterocycles. The molecule has 0 atom stereocenters. The van der Waals surface area contributed by atoms with Crippen molar-refractivity contribution in [3.63, 3.8) is 0 Å². The minimum absolute atomic E-state index is 0.193. The summed E-state index contributed by atoms with van der Waals surface area (Å²) >= 11 is 5.87. The maximum atomic E-state index is 12.8. The van der Waals surface area contributed by atoms with E-state index in [1.165, 1.54) is 5.56 Å². The minimum atomic E-state index is -0.509. The third-order valence-corrected chi connectivity index (χ3v) is 5.47. The van der Waals surface area contributed by atoms with Crippen molar-refractivity contribution in [2.24, 2.45) is 0 Å². The molecular weight excluding hydrogens is 412 g/mol. The molecule has 5 heteroatoms. The summed E-state index contributed by atoms with van der Waals surface area (Å²) in [6.07, 6.45) is 1.73. The van der Waals surface area contributed by atoms with Gasteiger partial charge in [0.2, 0.25) is 5.78 Å². The first-order valence-corrected chi connectivity index (χ1v) is 10.4. The number of fused-ring (bicyclic) bond motifs is 1. The molecule has 1 aliphatic rings. The van der Waals surface area contributed by atoms with Crippen LogP contribution in [-0.2, 0) is 0 Å². The largest absolute Gasteiger partial charge is 0.452 e. The Bertz CT molecular complexity index is 1190. The average molecular weight is 433 g/mol. The van der Waals surface area contributed by atoms with Gasteiger partial charge in [-0.1, -0.05) is 49.7 Å². The molecule has 0 amide bonds. The smallest absolute Gasteiger partial charge is 0.343 e. The molecule has 4 rings (SSSR count). The van der Waals surface area contributed by atoms with Crippen LogP contribution < -0.4 is 9.47 Å². The summed E-state index contributed by atoms with van der Waals surface area (Å²) in [5.41, 5.74) is 3.53. The van der Waals surface area contributed by atoms with Gasteiger partial charge in [-0.05, 0) is 66.4 Å². The summed E-state index contributed by atoms with van der Waals surface area (Å²) in [4.78, 5) is 25.2. The molecule has 3 aromatic rings. The molecule has 1 aliphatic heterocycles. The van der Waals surface area contributed by atoms with E-state index in [0.29, 0.717) is 39.1 Å². The highest BCUT2D eigenvalue weighted by atomic mass is 35.5. The van der Waals surface area contributed by atoms with Crippen LogP contribution in [0.4, 0.5) is 0 Å². The highest BCUT2D eigenvalue weighted by molar-refractivity contribution is 6.30. The van der Waals surface area contributed by atoms with Gasteiger partial charge in [-0.15, -0.1) is 0 Å². The standard InChI is InChI=1S/C26H21ClO4/c1-15(2)18-6-4-17(5-7-18)14-23-24(28)21-12-13-22(16(3)25(21)30-23)31-26(29)19-8-10-20(27)11-9-19/h4-15H,1-3H3/b23-14-. The number of halogens is 1.